The molecule has 0 aliphatic carbocycles. The highest BCUT2D eigenvalue weighted by Gasteiger charge is 2.44. The predicted octanol–water partition coefficient (Wildman–Crippen LogP) is 4.32. The molecule has 36 heavy (non-hydrogen) atoms. The average molecular weight is 480 g/mol. The van der Waals surface area contributed by atoms with Crippen molar-refractivity contribution >= 4 is 11.8 Å². The molecule has 1 N–H and O–H groups in total. The molecule has 3 heterocycles. The Bertz CT molecular complexity index is 1300. The highest BCUT2D eigenvalue weighted by Crippen LogP contribution is 2.37. The molecule has 2 amide bonds. The van der Waals surface area contributed by atoms with Crippen molar-refractivity contribution in [3.05, 3.63) is 114 Å². The van der Waals surface area contributed by atoms with E-state index in [0.29, 0.717) is 37.3 Å². The fourth-order valence-electron chi connectivity index (χ4n) is 4.89. The summed E-state index contributed by atoms with van der Waals surface area (Å²) in [6.07, 6.45) is 6.18. The first-order valence-electron chi connectivity index (χ1n) is 12.2. The number of nitrogens with one attached hydrogen (secondary N) is 1. The molecule has 0 radical (unpaired) electrons. The van der Waals surface area contributed by atoms with E-state index in [1.165, 1.54) is 0 Å². The number of piperidine rings is 1. The third-order valence-electron chi connectivity index (χ3n) is 7.05. The zero-order valence-corrected chi connectivity index (χ0v) is 20.2. The van der Waals surface area contributed by atoms with Crippen molar-refractivity contribution in [1.29, 1.82) is 0 Å². The summed E-state index contributed by atoms with van der Waals surface area (Å²) >= 11 is 0. The summed E-state index contributed by atoms with van der Waals surface area (Å²) in [4.78, 5) is 33.2. The van der Waals surface area contributed by atoms with Gasteiger partial charge in [-0.2, -0.15) is 5.10 Å². The van der Waals surface area contributed by atoms with E-state index in [2.05, 4.69) is 15.4 Å². The first-order valence-corrected chi connectivity index (χ1v) is 12.2. The number of nitrogens with zero attached hydrogens (tertiary/aromatic N) is 4. The Morgan fingerprint density at radius 1 is 0.917 bits per heavy atom. The van der Waals surface area contributed by atoms with Gasteiger partial charge in [-0.05, 0) is 49.1 Å². The Labute approximate surface area is 210 Å². The van der Waals surface area contributed by atoms with Gasteiger partial charge in [0.15, 0.2) is 5.82 Å². The van der Waals surface area contributed by atoms with Gasteiger partial charge in [-0.3, -0.25) is 9.59 Å². The van der Waals surface area contributed by atoms with E-state index in [0.717, 1.165) is 11.1 Å². The normalized spacial score (nSPS) is 15.8. The van der Waals surface area contributed by atoms with Gasteiger partial charge in [0.05, 0.1) is 17.0 Å². The van der Waals surface area contributed by atoms with Gasteiger partial charge in [-0.15, -0.1) is 0 Å². The lowest BCUT2D eigenvalue weighted by atomic mass is 9.71. The summed E-state index contributed by atoms with van der Waals surface area (Å²) in [5.74, 6) is 0.583. The van der Waals surface area contributed by atoms with Crippen molar-refractivity contribution < 1.29 is 9.59 Å². The minimum atomic E-state index is -0.691. The van der Waals surface area contributed by atoms with Gasteiger partial charge < -0.3 is 10.2 Å². The minimum absolute atomic E-state index is 0.00222. The lowest BCUT2D eigenvalue weighted by Crippen LogP contribution is -2.53. The van der Waals surface area contributed by atoms with Crippen molar-refractivity contribution in [3.8, 4) is 5.82 Å². The second kappa shape index (κ2) is 10.2. The summed E-state index contributed by atoms with van der Waals surface area (Å²) < 4.78 is 1.65. The molecule has 7 heteroatoms. The Morgan fingerprint density at radius 2 is 1.61 bits per heavy atom. The number of pyridine rings is 1. The summed E-state index contributed by atoms with van der Waals surface area (Å²) in [5, 5.41) is 7.41. The molecule has 7 nitrogen and oxygen atoms in total. The maximum atomic E-state index is 13.8. The van der Waals surface area contributed by atoms with Crippen LogP contribution in [0.5, 0.6) is 0 Å². The van der Waals surface area contributed by atoms with Crippen molar-refractivity contribution in [3.63, 3.8) is 0 Å². The van der Waals surface area contributed by atoms with Gasteiger partial charge >= 0.3 is 0 Å². The second-order valence-electron chi connectivity index (χ2n) is 9.20. The number of carbonyl (C=O) groups is 2. The van der Waals surface area contributed by atoms with E-state index < -0.39 is 5.41 Å². The first kappa shape index (κ1) is 23.5. The van der Waals surface area contributed by atoms with Crippen LogP contribution in [-0.2, 0) is 10.2 Å². The molecule has 0 bridgehead atoms. The van der Waals surface area contributed by atoms with Crippen LogP contribution >= 0.6 is 0 Å². The lowest BCUT2D eigenvalue weighted by molar-refractivity contribution is -0.129. The maximum absolute atomic E-state index is 13.8. The number of rotatable bonds is 6. The number of carbonyl (C=O) groups excluding carboxylic acids is 2. The van der Waals surface area contributed by atoms with Crippen LogP contribution in [0.15, 0.2) is 97.5 Å². The van der Waals surface area contributed by atoms with Crippen LogP contribution < -0.4 is 5.32 Å². The molecule has 2 aromatic carbocycles. The molecule has 0 saturated carbocycles. The van der Waals surface area contributed by atoms with Gasteiger partial charge in [0.2, 0.25) is 5.91 Å². The number of aromatic nitrogens is 3. The molecule has 182 valence electrons. The standard InChI is InChI=1S/C29H29N5O2/c1-22(23-9-4-2-5-10-23)32-28(36)29(25-11-6-3-7-12-25)15-19-33(20-16-29)27(35)24-13-14-26(30-21-24)34-18-8-17-31-34/h2-14,17-18,21-22H,15-16,19-20H2,1H3,(H,32,36)/t22-/m0/s1. The second-order valence-corrected chi connectivity index (χ2v) is 9.20. The monoisotopic (exact) mass is 479 g/mol. The number of likely N-dealkylation sites (tertiary alicyclic amines) is 1. The van der Waals surface area contributed by atoms with Crippen LogP contribution in [-0.4, -0.2) is 44.6 Å². The van der Waals surface area contributed by atoms with Crippen molar-refractivity contribution in [2.75, 3.05) is 13.1 Å². The fraction of sp³-hybridized carbons (Fsp3) is 0.241. The average Bonchev–Trinajstić information content (AvgIpc) is 3.49. The van der Waals surface area contributed by atoms with Crippen LogP contribution in [0.4, 0.5) is 0 Å². The van der Waals surface area contributed by atoms with Crippen LogP contribution in [0, 0.1) is 0 Å². The Morgan fingerprint density at radius 3 is 2.22 bits per heavy atom. The van der Waals surface area contributed by atoms with E-state index in [9.17, 15) is 9.59 Å². The highest BCUT2D eigenvalue weighted by molar-refractivity contribution is 5.95. The molecule has 1 fully saturated rings. The summed E-state index contributed by atoms with van der Waals surface area (Å²) in [5.41, 5.74) is 1.89. The van der Waals surface area contributed by atoms with Crippen molar-refractivity contribution in [2.24, 2.45) is 0 Å². The number of amides is 2. The van der Waals surface area contributed by atoms with Gasteiger partial charge in [0.25, 0.3) is 5.91 Å². The van der Waals surface area contributed by atoms with Crippen LogP contribution in [0.3, 0.4) is 0 Å². The minimum Gasteiger partial charge on any atom is -0.349 e. The molecule has 1 saturated heterocycles. The van der Waals surface area contributed by atoms with Gasteiger partial charge in [0.1, 0.15) is 0 Å². The topological polar surface area (TPSA) is 80.1 Å². The zero-order valence-electron chi connectivity index (χ0n) is 20.2. The molecular weight excluding hydrogens is 450 g/mol. The third-order valence-corrected chi connectivity index (χ3v) is 7.05. The largest absolute Gasteiger partial charge is 0.349 e. The SMILES string of the molecule is C[C@H](NC(=O)C1(c2ccccc2)CCN(C(=O)c2ccc(-n3cccn3)nc2)CC1)c1ccccc1. The van der Waals surface area contributed by atoms with Crippen LogP contribution in [0.2, 0.25) is 0 Å². The molecule has 4 aromatic rings. The Hall–Kier alpha value is -4.26. The number of hydrogen-bond donors (Lipinski definition) is 1. The summed E-state index contributed by atoms with van der Waals surface area (Å²) in [6, 6.07) is 25.2. The molecule has 1 aliphatic heterocycles. The van der Waals surface area contributed by atoms with E-state index in [1.54, 1.807) is 35.4 Å². The third kappa shape index (κ3) is 4.64. The molecular formula is C29H29N5O2. The summed E-state index contributed by atoms with van der Waals surface area (Å²) in [7, 11) is 0. The quantitative estimate of drug-likeness (QED) is 0.447. The fourth-order valence-corrected chi connectivity index (χ4v) is 4.89. The molecule has 5 rings (SSSR count). The Balaban J connectivity index is 1.32. The van der Waals surface area contributed by atoms with Gasteiger partial charge in [-0.1, -0.05) is 60.7 Å². The van der Waals surface area contributed by atoms with E-state index in [4.69, 9.17) is 0 Å². The smallest absolute Gasteiger partial charge is 0.255 e. The Kier molecular flexibility index (Phi) is 6.62. The zero-order chi connectivity index (χ0) is 25.0. The van der Waals surface area contributed by atoms with Crippen molar-refractivity contribution in [2.45, 2.75) is 31.2 Å². The maximum Gasteiger partial charge on any atom is 0.255 e. The lowest BCUT2D eigenvalue weighted by Gasteiger charge is -2.41. The molecule has 0 unspecified atom stereocenters. The van der Waals surface area contributed by atoms with Crippen LogP contribution in [0.25, 0.3) is 5.82 Å². The molecule has 2 aromatic heterocycles. The molecule has 0 spiro atoms. The number of benzene rings is 2. The molecule has 1 atom stereocenters. The van der Waals surface area contributed by atoms with Crippen LogP contribution in [0.1, 0.15) is 47.3 Å². The predicted molar refractivity (Wildman–Crippen MR) is 138 cm³/mol. The van der Waals surface area contributed by atoms with Gasteiger partial charge in [-0.25, -0.2) is 9.67 Å². The van der Waals surface area contributed by atoms with E-state index in [-0.39, 0.29) is 17.9 Å². The van der Waals surface area contributed by atoms with E-state index in [1.807, 2.05) is 78.6 Å². The number of hydrogen-bond acceptors (Lipinski definition) is 4. The van der Waals surface area contributed by atoms with E-state index >= 15 is 0 Å². The molecule has 1 aliphatic rings. The first-order chi connectivity index (χ1) is 17.6. The van der Waals surface area contributed by atoms with Gasteiger partial charge in [0, 0.05) is 31.7 Å². The van der Waals surface area contributed by atoms with Crippen molar-refractivity contribution in [1.82, 2.24) is 25.0 Å². The summed E-state index contributed by atoms with van der Waals surface area (Å²) in [6.45, 7) is 2.98. The highest BCUT2D eigenvalue weighted by atomic mass is 16.2.